The van der Waals surface area contributed by atoms with Crippen LogP contribution in [0.2, 0.25) is 0 Å². The average molecular weight is 921 g/mol. The van der Waals surface area contributed by atoms with Crippen LogP contribution in [0, 0.1) is 11.8 Å². The van der Waals surface area contributed by atoms with Crippen LogP contribution in [0.3, 0.4) is 0 Å². The van der Waals surface area contributed by atoms with Crippen molar-refractivity contribution in [3.05, 3.63) is 0 Å². The molecule has 0 aliphatic heterocycles. The van der Waals surface area contributed by atoms with Crippen molar-refractivity contribution in [2.75, 3.05) is 32.8 Å². The molecule has 0 rings (SSSR count). The normalized spacial score (nSPS) is 12.0. The summed E-state index contributed by atoms with van der Waals surface area (Å²) >= 11 is 0. The molecule has 0 aliphatic carbocycles. The molecule has 0 amide bonds. The summed E-state index contributed by atoms with van der Waals surface area (Å²) in [7, 11) is 0. The van der Waals surface area contributed by atoms with E-state index in [9.17, 15) is 14.7 Å². The predicted molar refractivity (Wildman–Crippen MR) is 283 cm³/mol. The van der Waals surface area contributed by atoms with Crippen LogP contribution in [0.1, 0.15) is 318 Å². The Bertz CT molecular complexity index is 896. The van der Waals surface area contributed by atoms with Crippen LogP contribution >= 0.6 is 0 Å². The van der Waals surface area contributed by atoms with Gasteiger partial charge in [0.25, 0.3) is 0 Å². The summed E-state index contributed by atoms with van der Waals surface area (Å²) < 4.78 is 11.3. The number of hydrogen-bond acceptors (Lipinski definition) is 6. The van der Waals surface area contributed by atoms with Gasteiger partial charge >= 0.3 is 11.9 Å². The first-order chi connectivity index (χ1) is 31.8. The zero-order valence-corrected chi connectivity index (χ0v) is 45.1. The molecule has 6 nitrogen and oxygen atoms in total. The van der Waals surface area contributed by atoms with Crippen molar-refractivity contribution in [2.24, 2.45) is 11.8 Å². The van der Waals surface area contributed by atoms with E-state index < -0.39 is 5.60 Å². The van der Waals surface area contributed by atoms with Crippen molar-refractivity contribution >= 4 is 11.9 Å². The van der Waals surface area contributed by atoms with Crippen LogP contribution in [0.4, 0.5) is 0 Å². The molecule has 0 bridgehead atoms. The van der Waals surface area contributed by atoms with Crippen LogP contribution < -0.4 is 0 Å². The SMILES string of the molecule is CCCCCCC(CCCCCC)CCCCC(=O)OCCCCCCC(O)(CCCCCCOC(=O)CCCCC(CCCCCC)CCCCCC)CCCCN(CCC)CCC. The van der Waals surface area contributed by atoms with Gasteiger partial charge in [0.15, 0.2) is 0 Å². The second-order valence-corrected chi connectivity index (χ2v) is 20.9. The number of carbonyl (C=O) groups excluding carboxylic acids is 2. The number of esters is 2. The minimum atomic E-state index is -0.604. The maximum atomic E-state index is 12.5. The van der Waals surface area contributed by atoms with E-state index in [0.29, 0.717) is 26.1 Å². The van der Waals surface area contributed by atoms with E-state index >= 15 is 0 Å². The van der Waals surface area contributed by atoms with Gasteiger partial charge in [-0.2, -0.15) is 0 Å². The molecule has 0 unspecified atom stereocenters. The monoisotopic (exact) mass is 920 g/mol. The van der Waals surface area contributed by atoms with Crippen LogP contribution in [0.15, 0.2) is 0 Å². The molecule has 0 heterocycles. The lowest BCUT2D eigenvalue weighted by Gasteiger charge is -2.29. The van der Waals surface area contributed by atoms with Gasteiger partial charge in [-0.15, -0.1) is 0 Å². The minimum Gasteiger partial charge on any atom is -0.466 e. The molecule has 0 spiro atoms. The van der Waals surface area contributed by atoms with E-state index in [2.05, 4.69) is 46.4 Å². The second-order valence-electron chi connectivity index (χ2n) is 20.9. The average Bonchev–Trinajstić information content (AvgIpc) is 3.30. The molecule has 0 fully saturated rings. The van der Waals surface area contributed by atoms with Crippen LogP contribution in [-0.2, 0) is 19.1 Å². The minimum absolute atomic E-state index is 0.0214. The van der Waals surface area contributed by atoms with Crippen molar-refractivity contribution in [3.8, 4) is 0 Å². The van der Waals surface area contributed by atoms with Crippen LogP contribution in [0.25, 0.3) is 0 Å². The Morgan fingerprint density at radius 2 is 0.677 bits per heavy atom. The fourth-order valence-electron chi connectivity index (χ4n) is 10.2. The third-order valence-electron chi connectivity index (χ3n) is 14.4. The van der Waals surface area contributed by atoms with Gasteiger partial charge in [-0.3, -0.25) is 9.59 Å². The number of rotatable bonds is 53. The zero-order chi connectivity index (χ0) is 47.7. The van der Waals surface area contributed by atoms with Gasteiger partial charge in [0.05, 0.1) is 18.8 Å². The number of ether oxygens (including phenoxy) is 2. The Morgan fingerprint density at radius 3 is 1.02 bits per heavy atom. The Balaban J connectivity index is 4.54. The Kier molecular flexibility index (Phi) is 48.4. The summed E-state index contributed by atoms with van der Waals surface area (Å²) in [6.07, 6.45) is 50.2. The number of carbonyl (C=O) groups is 2. The fraction of sp³-hybridized carbons (Fsp3) is 0.966. The Labute approximate surface area is 407 Å². The largest absolute Gasteiger partial charge is 0.466 e. The highest BCUT2D eigenvalue weighted by Gasteiger charge is 2.25. The van der Waals surface area contributed by atoms with Gasteiger partial charge in [0, 0.05) is 12.8 Å². The van der Waals surface area contributed by atoms with Crippen molar-refractivity contribution in [1.82, 2.24) is 4.90 Å². The van der Waals surface area contributed by atoms with E-state index in [1.54, 1.807) is 0 Å². The topological polar surface area (TPSA) is 76.1 Å². The summed E-state index contributed by atoms with van der Waals surface area (Å²) in [5, 5.41) is 11.9. The first-order valence-electron chi connectivity index (χ1n) is 29.5. The van der Waals surface area contributed by atoms with Crippen molar-refractivity contribution in [3.63, 3.8) is 0 Å². The maximum absolute atomic E-state index is 12.5. The summed E-state index contributed by atoms with van der Waals surface area (Å²) in [6.45, 7) is 18.2. The van der Waals surface area contributed by atoms with Gasteiger partial charge in [-0.1, -0.05) is 234 Å². The lowest BCUT2D eigenvalue weighted by molar-refractivity contribution is -0.144. The maximum Gasteiger partial charge on any atom is 0.305 e. The fourth-order valence-corrected chi connectivity index (χ4v) is 10.2. The lowest BCUT2D eigenvalue weighted by atomic mass is 9.85. The molecule has 0 saturated heterocycles. The van der Waals surface area contributed by atoms with E-state index in [1.165, 1.54) is 167 Å². The molecule has 65 heavy (non-hydrogen) atoms. The molecule has 0 radical (unpaired) electrons. The molecule has 6 heteroatoms. The van der Waals surface area contributed by atoms with Gasteiger partial charge < -0.3 is 19.5 Å². The van der Waals surface area contributed by atoms with Crippen LogP contribution in [0.5, 0.6) is 0 Å². The van der Waals surface area contributed by atoms with E-state index in [4.69, 9.17) is 9.47 Å². The highest BCUT2D eigenvalue weighted by atomic mass is 16.5. The van der Waals surface area contributed by atoms with E-state index in [0.717, 1.165) is 128 Å². The van der Waals surface area contributed by atoms with Gasteiger partial charge in [0.1, 0.15) is 0 Å². The molecule has 0 aromatic rings. The molecular weight excluding hydrogens is 803 g/mol. The lowest BCUT2D eigenvalue weighted by Crippen LogP contribution is -2.30. The molecule has 0 saturated carbocycles. The molecule has 0 aromatic carbocycles. The van der Waals surface area contributed by atoms with Gasteiger partial charge in [-0.05, 0) is 102 Å². The molecule has 0 aliphatic rings. The number of aliphatic hydroxyl groups is 1. The van der Waals surface area contributed by atoms with E-state index in [1.807, 2.05) is 0 Å². The quantitative estimate of drug-likeness (QED) is 0.0484. The van der Waals surface area contributed by atoms with Crippen molar-refractivity contribution < 1.29 is 24.2 Å². The first kappa shape index (κ1) is 63.9. The second kappa shape index (κ2) is 49.3. The summed E-state index contributed by atoms with van der Waals surface area (Å²) in [5.74, 6) is 1.62. The smallest absolute Gasteiger partial charge is 0.305 e. The predicted octanol–water partition coefficient (Wildman–Crippen LogP) is 18.2. The van der Waals surface area contributed by atoms with Crippen LogP contribution in [-0.4, -0.2) is 60.4 Å². The molecule has 0 atom stereocenters. The molecule has 0 aromatic heterocycles. The van der Waals surface area contributed by atoms with Gasteiger partial charge in [0.2, 0.25) is 0 Å². The van der Waals surface area contributed by atoms with E-state index in [-0.39, 0.29) is 11.9 Å². The van der Waals surface area contributed by atoms with Gasteiger partial charge in [-0.25, -0.2) is 0 Å². The van der Waals surface area contributed by atoms with Crippen molar-refractivity contribution in [1.29, 1.82) is 0 Å². The zero-order valence-electron chi connectivity index (χ0n) is 45.1. The summed E-state index contributed by atoms with van der Waals surface area (Å²) in [4.78, 5) is 27.6. The summed E-state index contributed by atoms with van der Waals surface area (Å²) in [6, 6.07) is 0. The Hall–Kier alpha value is -1.14. The number of hydrogen-bond donors (Lipinski definition) is 1. The first-order valence-corrected chi connectivity index (χ1v) is 29.5. The number of unbranched alkanes of at least 4 members (excludes halogenated alkanes) is 21. The Morgan fingerprint density at radius 1 is 0.369 bits per heavy atom. The number of nitrogens with zero attached hydrogens (tertiary/aromatic N) is 1. The molecular formula is C59H117NO5. The summed E-state index contributed by atoms with van der Waals surface area (Å²) in [5.41, 5.74) is -0.604. The third kappa shape index (κ3) is 43.9. The standard InChI is InChI=1S/C59H117NO5/c1-7-13-17-25-39-55(40-26-18-14-8-2)43-29-31-45-57(61)64-53-37-23-21-33-47-59(63,49-35-36-52-60(50-11-5)51-12-6)48-34-22-24-38-54-65-58(62)46-32-30-44-56(41-27-19-15-9-3)42-28-20-16-10-4/h55-56,63H,7-54H2,1-6H3. The van der Waals surface area contributed by atoms with Crippen molar-refractivity contribution in [2.45, 2.75) is 323 Å². The third-order valence-corrected chi connectivity index (χ3v) is 14.4. The molecule has 1 N–H and O–H groups in total. The highest BCUT2D eigenvalue weighted by Crippen LogP contribution is 2.29. The molecule has 388 valence electrons. The highest BCUT2D eigenvalue weighted by molar-refractivity contribution is 5.69.